The molecule has 1 rings (SSSR count). The van der Waals surface area contributed by atoms with Crippen LogP contribution in [0.15, 0.2) is 23.1 Å². The van der Waals surface area contributed by atoms with E-state index in [1.165, 1.54) is 18.2 Å². The number of carbonyl (C=O) groups is 1. The molecule has 23 heavy (non-hydrogen) atoms. The van der Waals surface area contributed by atoms with Crippen molar-refractivity contribution in [1.29, 1.82) is 0 Å². The number of anilines is 1. The zero-order valence-electron chi connectivity index (χ0n) is 13.9. The van der Waals surface area contributed by atoms with Crippen molar-refractivity contribution < 1.29 is 18.3 Å². The molecule has 0 unspecified atom stereocenters. The van der Waals surface area contributed by atoms with Crippen molar-refractivity contribution in [3.05, 3.63) is 23.8 Å². The molecule has 1 atom stereocenters. The summed E-state index contributed by atoms with van der Waals surface area (Å²) in [5, 5.41) is 12.4. The zero-order chi connectivity index (χ0) is 17.5. The van der Waals surface area contributed by atoms with Crippen LogP contribution < -0.4 is 10.0 Å². The molecule has 3 N–H and O–H groups in total. The highest BCUT2D eigenvalue weighted by molar-refractivity contribution is 7.89. The number of aromatic carboxylic acids is 1. The van der Waals surface area contributed by atoms with E-state index < -0.39 is 16.0 Å². The molecular weight excluding hydrogens is 316 g/mol. The Bertz CT molecular complexity index is 629. The third kappa shape index (κ3) is 5.84. The van der Waals surface area contributed by atoms with Crippen LogP contribution in [0.5, 0.6) is 0 Å². The van der Waals surface area contributed by atoms with E-state index in [1.807, 2.05) is 6.92 Å². The molecule has 0 saturated carbocycles. The molecule has 0 fully saturated rings. The number of nitrogens with one attached hydrogen (secondary N) is 2. The maximum absolute atomic E-state index is 12.3. The fraction of sp³-hybridized carbons (Fsp3) is 0.562. The summed E-state index contributed by atoms with van der Waals surface area (Å²) in [5.74, 6) is -1.15. The molecule has 0 aliphatic carbocycles. The van der Waals surface area contributed by atoms with Gasteiger partial charge in [0.15, 0.2) is 0 Å². The number of rotatable bonds is 10. The van der Waals surface area contributed by atoms with Gasteiger partial charge in [0.1, 0.15) is 0 Å². The average Bonchev–Trinajstić information content (AvgIpc) is 2.50. The zero-order valence-corrected chi connectivity index (χ0v) is 14.7. The van der Waals surface area contributed by atoms with Crippen molar-refractivity contribution in [2.45, 2.75) is 57.4 Å². The lowest BCUT2D eigenvalue weighted by Gasteiger charge is -2.14. The van der Waals surface area contributed by atoms with Gasteiger partial charge in [0.05, 0.1) is 10.5 Å². The second-order valence-corrected chi connectivity index (χ2v) is 7.29. The van der Waals surface area contributed by atoms with Crippen LogP contribution in [0.1, 0.15) is 56.8 Å². The number of hydrogen-bond donors (Lipinski definition) is 3. The van der Waals surface area contributed by atoms with E-state index in [1.54, 1.807) is 6.92 Å². The Morgan fingerprint density at radius 3 is 2.52 bits per heavy atom. The summed E-state index contributed by atoms with van der Waals surface area (Å²) in [6, 6.07) is 3.94. The standard InChI is InChI=1S/C16H26N2O4S/c1-4-6-7-10-17-15-9-8-13(11-14(15)16(19)20)23(21,22)18-12(3)5-2/h8-9,11-12,17-18H,4-7,10H2,1-3H3,(H,19,20)/t12-/m1/s1. The van der Waals surface area contributed by atoms with Crippen LogP contribution in [0.2, 0.25) is 0 Å². The first-order chi connectivity index (χ1) is 10.8. The minimum atomic E-state index is -3.71. The number of unbranched alkanes of at least 4 members (excludes halogenated alkanes) is 2. The van der Waals surface area contributed by atoms with Crippen LogP contribution in [0.3, 0.4) is 0 Å². The highest BCUT2D eigenvalue weighted by atomic mass is 32.2. The maximum atomic E-state index is 12.3. The van der Waals surface area contributed by atoms with Crippen molar-refractivity contribution in [3.63, 3.8) is 0 Å². The summed E-state index contributed by atoms with van der Waals surface area (Å²) in [6.45, 7) is 6.39. The smallest absolute Gasteiger partial charge is 0.337 e. The third-order valence-electron chi connectivity index (χ3n) is 3.60. The third-order valence-corrected chi connectivity index (χ3v) is 5.18. The molecule has 130 valence electrons. The van der Waals surface area contributed by atoms with Gasteiger partial charge < -0.3 is 10.4 Å². The Labute approximate surface area is 138 Å². The first-order valence-corrected chi connectivity index (χ1v) is 9.43. The Kier molecular flexibility index (Phi) is 7.51. The van der Waals surface area contributed by atoms with Gasteiger partial charge in [-0.05, 0) is 38.0 Å². The van der Waals surface area contributed by atoms with Crippen molar-refractivity contribution >= 4 is 21.7 Å². The predicted molar refractivity (Wildman–Crippen MR) is 91.5 cm³/mol. The summed E-state index contributed by atoms with van der Waals surface area (Å²) in [5.41, 5.74) is 0.407. The second-order valence-electron chi connectivity index (χ2n) is 5.58. The van der Waals surface area contributed by atoms with E-state index in [-0.39, 0.29) is 16.5 Å². The van der Waals surface area contributed by atoms with Gasteiger partial charge >= 0.3 is 5.97 Å². The molecule has 1 aromatic rings. The highest BCUT2D eigenvalue weighted by Crippen LogP contribution is 2.21. The van der Waals surface area contributed by atoms with Crippen LogP contribution in [0, 0.1) is 0 Å². The molecule has 0 heterocycles. The summed E-state index contributed by atoms with van der Waals surface area (Å²) in [7, 11) is -3.71. The van der Waals surface area contributed by atoms with Crippen molar-refractivity contribution in [1.82, 2.24) is 4.72 Å². The van der Waals surface area contributed by atoms with Gasteiger partial charge in [0.25, 0.3) is 0 Å². The Morgan fingerprint density at radius 2 is 1.96 bits per heavy atom. The predicted octanol–water partition coefficient (Wildman–Crippen LogP) is 3.06. The molecule has 0 bridgehead atoms. The minimum absolute atomic E-state index is 0.0330. The molecule has 0 spiro atoms. The van der Waals surface area contributed by atoms with Crippen molar-refractivity contribution in [2.75, 3.05) is 11.9 Å². The molecule has 6 nitrogen and oxygen atoms in total. The van der Waals surface area contributed by atoms with E-state index in [0.29, 0.717) is 18.7 Å². The van der Waals surface area contributed by atoms with Crippen molar-refractivity contribution in [3.8, 4) is 0 Å². The number of hydrogen-bond acceptors (Lipinski definition) is 4. The molecular formula is C16H26N2O4S. The molecule has 0 aromatic heterocycles. The van der Waals surface area contributed by atoms with E-state index in [4.69, 9.17) is 0 Å². The molecule has 0 aliphatic heterocycles. The van der Waals surface area contributed by atoms with Gasteiger partial charge in [-0.15, -0.1) is 0 Å². The number of carboxylic acids is 1. The van der Waals surface area contributed by atoms with Crippen LogP contribution in [-0.2, 0) is 10.0 Å². The molecule has 0 aliphatic rings. The Hall–Kier alpha value is -1.60. The molecule has 0 amide bonds. The molecule has 0 saturated heterocycles. The van der Waals surface area contributed by atoms with E-state index in [2.05, 4.69) is 17.0 Å². The molecule has 1 aromatic carbocycles. The van der Waals surface area contributed by atoms with Crippen LogP contribution in [0.4, 0.5) is 5.69 Å². The van der Waals surface area contributed by atoms with Crippen LogP contribution in [0.25, 0.3) is 0 Å². The number of carboxylic acid groups (broad SMARTS) is 1. The molecule has 7 heteroatoms. The first kappa shape index (κ1) is 19.4. The topological polar surface area (TPSA) is 95.5 Å². The number of sulfonamides is 1. The SMILES string of the molecule is CCCCCNc1ccc(S(=O)(=O)N[C@H](C)CC)cc1C(=O)O. The quantitative estimate of drug-likeness (QED) is 0.568. The normalized spacial score (nSPS) is 12.8. The van der Waals surface area contributed by atoms with Gasteiger partial charge in [-0.1, -0.05) is 26.7 Å². The Balaban J connectivity index is 3.01. The molecule has 0 radical (unpaired) electrons. The maximum Gasteiger partial charge on any atom is 0.337 e. The second kappa shape index (κ2) is 8.88. The first-order valence-electron chi connectivity index (χ1n) is 7.95. The van der Waals surface area contributed by atoms with E-state index >= 15 is 0 Å². The van der Waals surface area contributed by atoms with Gasteiger partial charge in [0.2, 0.25) is 10.0 Å². The number of benzene rings is 1. The largest absolute Gasteiger partial charge is 0.478 e. The fourth-order valence-corrected chi connectivity index (χ4v) is 3.39. The monoisotopic (exact) mass is 342 g/mol. The van der Waals surface area contributed by atoms with E-state index in [9.17, 15) is 18.3 Å². The lowest BCUT2D eigenvalue weighted by Crippen LogP contribution is -2.32. The van der Waals surface area contributed by atoms with Crippen LogP contribution in [-0.4, -0.2) is 32.1 Å². The van der Waals surface area contributed by atoms with Crippen LogP contribution >= 0.6 is 0 Å². The van der Waals surface area contributed by atoms with Crippen molar-refractivity contribution in [2.24, 2.45) is 0 Å². The average molecular weight is 342 g/mol. The highest BCUT2D eigenvalue weighted by Gasteiger charge is 2.20. The Morgan fingerprint density at radius 1 is 1.26 bits per heavy atom. The summed E-state index contributed by atoms with van der Waals surface area (Å²) < 4.78 is 27.1. The van der Waals surface area contributed by atoms with Gasteiger partial charge in [0, 0.05) is 18.3 Å². The summed E-state index contributed by atoms with van der Waals surface area (Å²) in [4.78, 5) is 11.4. The van der Waals surface area contributed by atoms with Gasteiger partial charge in [-0.25, -0.2) is 17.9 Å². The summed E-state index contributed by atoms with van der Waals surface area (Å²) in [6.07, 6.45) is 3.72. The van der Waals surface area contributed by atoms with Gasteiger partial charge in [-0.3, -0.25) is 0 Å². The lowest BCUT2D eigenvalue weighted by atomic mass is 10.1. The van der Waals surface area contributed by atoms with E-state index in [0.717, 1.165) is 19.3 Å². The van der Waals surface area contributed by atoms with Gasteiger partial charge in [-0.2, -0.15) is 0 Å². The lowest BCUT2D eigenvalue weighted by molar-refractivity contribution is 0.0697. The fourth-order valence-electron chi connectivity index (χ4n) is 2.04. The minimum Gasteiger partial charge on any atom is -0.478 e. The summed E-state index contributed by atoms with van der Waals surface area (Å²) >= 11 is 0.